The number of hydrogen-bond acceptors (Lipinski definition) is 4. The Bertz CT molecular complexity index is 592. The summed E-state index contributed by atoms with van der Waals surface area (Å²) in [4.78, 5) is 3.92. The molecule has 1 aromatic rings. The Morgan fingerprint density at radius 1 is 1.37 bits per heavy atom. The minimum absolute atomic E-state index is 0.0708. The van der Waals surface area contributed by atoms with Gasteiger partial charge in [-0.15, -0.1) is 0 Å². The summed E-state index contributed by atoms with van der Waals surface area (Å²) < 4.78 is 26.6. The molecule has 0 aromatic carbocycles. The Morgan fingerprint density at radius 3 is 2.63 bits per heavy atom. The molecule has 0 aliphatic rings. The van der Waals surface area contributed by atoms with Crippen molar-refractivity contribution in [3.63, 3.8) is 0 Å². The number of nitrogens with zero attached hydrogens (tertiary/aromatic N) is 1. The third-order valence-corrected chi connectivity index (χ3v) is 3.50. The minimum atomic E-state index is -3.58. The summed E-state index contributed by atoms with van der Waals surface area (Å²) in [6, 6.07) is 1.43. The van der Waals surface area contributed by atoms with Gasteiger partial charge in [-0.25, -0.2) is 13.1 Å². The first-order valence-electron chi connectivity index (χ1n) is 5.79. The number of aliphatic hydroxyl groups excluding tert-OH is 1. The van der Waals surface area contributed by atoms with Gasteiger partial charge in [-0.1, -0.05) is 32.6 Å². The SMILES string of the molecule is CC(C)(C)CNS(=O)(=O)c1cncc(C#CCO)c1. The molecular weight excluding hydrogens is 264 g/mol. The lowest BCUT2D eigenvalue weighted by atomic mass is 9.98. The van der Waals surface area contributed by atoms with Gasteiger partial charge in [0.15, 0.2) is 0 Å². The number of aliphatic hydroxyl groups is 1. The number of sulfonamides is 1. The van der Waals surface area contributed by atoms with Crippen LogP contribution in [-0.2, 0) is 10.0 Å². The van der Waals surface area contributed by atoms with Crippen LogP contribution in [0.15, 0.2) is 23.4 Å². The zero-order valence-electron chi connectivity index (χ0n) is 11.3. The van der Waals surface area contributed by atoms with Crippen molar-refractivity contribution in [2.75, 3.05) is 13.2 Å². The van der Waals surface area contributed by atoms with Gasteiger partial charge >= 0.3 is 0 Å². The third kappa shape index (κ3) is 5.39. The van der Waals surface area contributed by atoms with E-state index in [-0.39, 0.29) is 16.9 Å². The summed E-state index contributed by atoms with van der Waals surface area (Å²) in [5, 5.41) is 8.61. The highest BCUT2D eigenvalue weighted by Gasteiger charge is 2.18. The molecule has 0 bridgehead atoms. The van der Waals surface area contributed by atoms with Gasteiger partial charge in [0, 0.05) is 24.5 Å². The lowest BCUT2D eigenvalue weighted by Crippen LogP contribution is -2.32. The number of hydrogen-bond donors (Lipinski definition) is 2. The average Bonchev–Trinajstić information content (AvgIpc) is 2.34. The summed E-state index contributed by atoms with van der Waals surface area (Å²) in [5.74, 6) is 5.07. The fraction of sp³-hybridized carbons (Fsp3) is 0.462. The van der Waals surface area contributed by atoms with Crippen LogP contribution in [0, 0.1) is 17.3 Å². The van der Waals surface area contributed by atoms with Crippen LogP contribution in [0.25, 0.3) is 0 Å². The topological polar surface area (TPSA) is 79.3 Å². The maximum atomic E-state index is 12.1. The van der Waals surface area contributed by atoms with E-state index < -0.39 is 10.0 Å². The van der Waals surface area contributed by atoms with Crippen molar-refractivity contribution in [1.29, 1.82) is 0 Å². The standard InChI is InChI=1S/C13H18N2O3S/c1-13(2,3)10-15-19(17,18)12-7-11(5-4-6-16)8-14-9-12/h7-9,15-16H,6,10H2,1-3H3. The zero-order valence-corrected chi connectivity index (χ0v) is 12.1. The highest BCUT2D eigenvalue weighted by molar-refractivity contribution is 7.89. The van der Waals surface area contributed by atoms with Crippen molar-refractivity contribution in [2.24, 2.45) is 5.41 Å². The molecule has 0 unspecified atom stereocenters. The second-order valence-corrected chi connectivity index (χ2v) is 7.02. The van der Waals surface area contributed by atoms with E-state index in [9.17, 15) is 8.42 Å². The number of aromatic nitrogens is 1. The number of pyridine rings is 1. The van der Waals surface area contributed by atoms with E-state index in [1.807, 2.05) is 20.8 Å². The minimum Gasteiger partial charge on any atom is -0.384 e. The molecule has 6 heteroatoms. The third-order valence-electron chi connectivity index (χ3n) is 2.13. The van der Waals surface area contributed by atoms with Gasteiger partial charge in [-0.2, -0.15) is 0 Å². The molecule has 0 saturated heterocycles. The molecule has 0 spiro atoms. The predicted octanol–water partition coefficient (Wildman–Crippen LogP) is 0.750. The first kappa shape index (κ1) is 15.6. The van der Waals surface area contributed by atoms with Crippen molar-refractivity contribution >= 4 is 10.0 Å². The van der Waals surface area contributed by atoms with Crippen molar-refractivity contribution in [2.45, 2.75) is 25.7 Å². The van der Waals surface area contributed by atoms with Gasteiger partial charge in [-0.3, -0.25) is 4.98 Å². The molecule has 2 N–H and O–H groups in total. The summed E-state index contributed by atoms with van der Waals surface area (Å²) in [5.41, 5.74) is 0.308. The van der Waals surface area contributed by atoms with E-state index in [4.69, 9.17) is 5.11 Å². The Balaban J connectivity index is 2.96. The summed E-state index contributed by atoms with van der Waals surface area (Å²) in [7, 11) is -3.58. The fourth-order valence-corrected chi connectivity index (χ4v) is 2.44. The van der Waals surface area contributed by atoms with E-state index in [1.165, 1.54) is 18.5 Å². The van der Waals surface area contributed by atoms with Crippen LogP contribution < -0.4 is 4.72 Å². The summed E-state index contributed by atoms with van der Waals surface area (Å²) in [6.07, 6.45) is 2.72. The molecule has 0 radical (unpaired) electrons. The average molecular weight is 282 g/mol. The van der Waals surface area contributed by atoms with E-state index in [1.54, 1.807) is 0 Å². The van der Waals surface area contributed by atoms with Gasteiger partial charge in [0.25, 0.3) is 0 Å². The van der Waals surface area contributed by atoms with E-state index in [2.05, 4.69) is 21.5 Å². The fourth-order valence-electron chi connectivity index (χ4n) is 1.17. The smallest absolute Gasteiger partial charge is 0.242 e. The highest BCUT2D eigenvalue weighted by Crippen LogP contribution is 2.14. The molecular formula is C13H18N2O3S. The van der Waals surface area contributed by atoms with Gasteiger partial charge in [0.2, 0.25) is 10.0 Å². The van der Waals surface area contributed by atoms with Crippen molar-refractivity contribution in [3.8, 4) is 11.8 Å². The summed E-state index contributed by atoms with van der Waals surface area (Å²) >= 11 is 0. The van der Waals surface area contributed by atoms with Crippen LogP contribution in [-0.4, -0.2) is 31.7 Å². The van der Waals surface area contributed by atoms with E-state index >= 15 is 0 Å². The van der Waals surface area contributed by atoms with Gasteiger partial charge < -0.3 is 5.11 Å². The normalized spacial score (nSPS) is 11.8. The Hall–Kier alpha value is -1.42. The highest BCUT2D eigenvalue weighted by atomic mass is 32.2. The maximum absolute atomic E-state index is 12.1. The van der Waals surface area contributed by atoms with Crippen LogP contribution in [0.3, 0.4) is 0 Å². The monoisotopic (exact) mass is 282 g/mol. The van der Waals surface area contributed by atoms with Crippen molar-refractivity contribution in [1.82, 2.24) is 9.71 Å². The molecule has 1 heterocycles. The van der Waals surface area contributed by atoms with Crippen LogP contribution in [0.1, 0.15) is 26.3 Å². The van der Waals surface area contributed by atoms with Crippen molar-refractivity contribution < 1.29 is 13.5 Å². The second kappa shape index (κ2) is 6.15. The zero-order chi connectivity index (χ0) is 14.5. The van der Waals surface area contributed by atoms with Crippen LogP contribution >= 0.6 is 0 Å². The van der Waals surface area contributed by atoms with Crippen LogP contribution in [0.4, 0.5) is 0 Å². The molecule has 0 aliphatic carbocycles. The molecule has 1 aromatic heterocycles. The molecule has 0 fully saturated rings. The Morgan fingerprint density at radius 2 is 2.05 bits per heavy atom. The molecule has 5 nitrogen and oxygen atoms in total. The van der Waals surface area contributed by atoms with Crippen LogP contribution in [0.5, 0.6) is 0 Å². The number of nitrogens with one attached hydrogen (secondary N) is 1. The first-order valence-corrected chi connectivity index (χ1v) is 7.27. The van der Waals surface area contributed by atoms with Gasteiger partial charge in [0.05, 0.1) is 0 Å². The largest absolute Gasteiger partial charge is 0.384 e. The molecule has 1 rings (SSSR count). The molecule has 19 heavy (non-hydrogen) atoms. The molecule has 104 valence electrons. The predicted molar refractivity (Wildman–Crippen MR) is 72.8 cm³/mol. The quantitative estimate of drug-likeness (QED) is 0.802. The second-order valence-electron chi connectivity index (χ2n) is 5.25. The van der Waals surface area contributed by atoms with Gasteiger partial charge in [0.1, 0.15) is 11.5 Å². The lowest BCUT2D eigenvalue weighted by Gasteiger charge is -2.18. The summed E-state index contributed by atoms with van der Waals surface area (Å²) in [6.45, 7) is 5.88. The Labute approximate surface area is 114 Å². The maximum Gasteiger partial charge on any atom is 0.242 e. The van der Waals surface area contributed by atoms with E-state index in [0.29, 0.717) is 12.1 Å². The molecule has 0 atom stereocenters. The Kier molecular flexibility index (Phi) is 5.06. The van der Waals surface area contributed by atoms with E-state index in [0.717, 1.165) is 0 Å². The van der Waals surface area contributed by atoms with Crippen molar-refractivity contribution in [3.05, 3.63) is 24.0 Å². The van der Waals surface area contributed by atoms with Gasteiger partial charge in [-0.05, 0) is 11.5 Å². The number of rotatable bonds is 3. The molecule has 0 aliphatic heterocycles. The molecule has 0 amide bonds. The molecule has 0 saturated carbocycles. The van der Waals surface area contributed by atoms with Crippen LogP contribution in [0.2, 0.25) is 0 Å². The first-order chi connectivity index (χ1) is 8.74. The lowest BCUT2D eigenvalue weighted by molar-refractivity contribution is 0.350.